The summed E-state index contributed by atoms with van der Waals surface area (Å²) in [6, 6.07) is 6.20. The fraction of sp³-hybridized carbons (Fsp3) is 0.588. The first-order valence-electron chi connectivity index (χ1n) is 7.39. The molecule has 0 heterocycles. The molecule has 0 fully saturated rings. The first-order chi connectivity index (χ1) is 9.35. The molecule has 0 aliphatic carbocycles. The van der Waals surface area contributed by atoms with E-state index in [1.54, 1.807) is 0 Å². The number of rotatable bonds is 6. The summed E-state index contributed by atoms with van der Waals surface area (Å²) >= 11 is 0. The molecule has 1 rings (SSSR count). The van der Waals surface area contributed by atoms with Gasteiger partial charge in [0.15, 0.2) is 6.10 Å². The summed E-state index contributed by atoms with van der Waals surface area (Å²) in [5, 5.41) is 3.02. The Morgan fingerprint density at radius 3 is 2.45 bits per heavy atom. The molecular weight excluding hydrogens is 250 g/mol. The number of benzene rings is 1. The number of nitrogens with one attached hydrogen (secondary N) is 1. The second kappa shape index (κ2) is 7.32. The minimum Gasteiger partial charge on any atom is -0.480 e. The van der Waals surface area contributed by atoms with Crippen LogP contribution in [0, 0.1) is 19.8 Å². The molecule has 3 nitrogen and oxygen atoms in total. The second-order valence-electron chi connectivity index (χ2n) is 5.82. The Morgan fingerprint density at radius 1 is 1.25 bits per heavy atom. The van der Waals surface area contributed by atoms with Crippen molar-refractivity contribution < 1.29 is 9.53 Å². The monoisotopic (exact) mass is 277 g/mol. The molecule has 112 valence electrons. The van der Waals surface area contributed by atoms with E-state index in [1.807, 2.05) is 45.9 Å². The Balaban J connectivity index is 2.76. The predicted molar refractivity (Wildman–Crippen MR) is 83.1 cm³/mol. The Morgan fingerprint density at radius 2 is 1.90 bits per heavy atom. The van der Waals surface area contributed by atoms with E-state index in [1.165, 1.54) is 0 Å². The van der Waals surface area contributed by atoms with Gasteiger partial charge in [0.05, 0.1) is 0 Å². The molecule has 0 aromatic heterocycles. The lowest BCUT2D eigenvalue weighted by atomic mass is 10.1. The zero-order valence-electron chi connectivity index (χ0n) is 13.5. The van der Waals surface area contributed by atoms with Gasteiger partial charge in [-0.1, -0.05) is 32.9 Å². The molecule has 2 atom stereocenters. The van der Waals surface area contributed by atoms with Crippen LogP contribution in [0.2, 0.25) is 0 Å². The summed E-state index contributed by atoms with van der Waals surface area (Å²) in [5.41, 5.74) is 2.19. The van der Waals surface area contributed by atoms with Crippen LogP contribution in [0.4, 0.5) is 0 Å². The highest BCUT2D eigenvalue weighted by molar-refractivity contribution is 5.81. The number of amides is 1. The van der Waals surface area contributed by atoms with Crippen LogP contribution in [0.1, 0.15) is 45.2 Å². The van der Waals surface area contributed by atoms with Crippen molar-refractivity contribution >= 4 is 5.91 Å². The van der Waals surface area contributed by atoms with Crippen molar-refractivity contribution in [1.82, 2.24) is 5.32 Å². The first kappa shape index (κ1) is 16.5. The van der Waals surface area contributed by atoms with Crippen LogP contribution in [0.3, 0.4) is 0 Å². The quantitative estimate of drug-likeness (QED) is 0.862. The third-order valence-electron chi connectivity index (χ3n) is 3.65. The van der Waals surface area contributed by atoms with Gasteiger partial charge in [0, 0.05) is 6.04 Å². The highest BCUT2D eigenvalue weighted by Crippen LogP contribution is 2.21. The van der Waals surface area contributed by atoms with E-state index in [9.17, 15) is 4.79 Å². The van der Waals surface area contributed by atoms with Crippen molar-refractivity contribution in [1.29, 1.82) is 0 Å². The van der Waals surface area contributed by atoms with Gasteiger partial charge < -0.3 is 10.1 Å². The lowest BCUT2D eigenvalue weighted by Crippen LogP contribution is -2.44. The van der Waals surface area contributed by atoms with E-state index in [-0.39, 0.29) is 11.9 Å². The fourth-order valence-electron chi connectivity index (χ4n) is 1.79. The summed E-state index contributed by atoms with van der Waals surface area (Å²) in [7, 11) is 0. The molecule has 0 bridgehead atoms. The molecule has 0 aliphatic rings. The van der Waals surface area contributed by atoms with Crippen molar-refractivity contribution in [3.05, 3.63) is 29.3 Å². The van der Waals surface area contributed by atoms with Gasteiger partial charge >= 0.3 is 0 Å². The molecule has 1 N–H and O–H groups in total. The van der Waals surface area contributed by atoms with Gasteiger partial charge in [-0.15, -0.1) is 0 Å². The summed E-state index contributed by atoms with van der Waals surface area (Å²) in [6.45, 7) is 12.2. The van der Waals surface area contributed by atoms with Crippen LogP contribution in [-0.4, -0.2) is 18.1 Å². The third kappa shape index (κ3) is 4.55. The van der Waals surface area contributed by atoms with Gasteiger partial charge in [0.1, 0.15) is 5.75 Å². The Bertz CT molecular complexity index is 454. The maximum Gasteiger partial charge on any atom is 0.261 e. The van der Waals surface area contributed by atoms with Crippen molar-refractivity contribution in [3.63, 3.8) is 0 Å². The highest BCUT2D eigenvalue weighted by atomic mass is 16.5. The van der Waals surface area contributed by atoms with Gasteiger partial charge in [-0.25, -0.2) is 0 Å². The van der Waals surface area contributed by atoms with Gasteiger partial charge in [-0.2, -0.15) is 0 Å². The Labute approximate surface area is 122 Å². The van der Waals surface area contributed by atoms with Crippen LogP contribution in [0.25, 0.3) is 0 Å². The number of carbonyl (C=O) groups excluding carboxylic acids is 1. The van der Waals surface area contributed by atoms with Crippen LogP contribution in [0.5, 0.6) is 5.75 Å². The highest BCUT2D eigenvalue weighted by Gasteiger charge is 2.21. The fourth-order valence-corrected chi connectivity index (χ4v) is 1.79. The summed E-state index contributed by atoms with van der Waals surface area (Å²) in [5.74, 6) is 1.18. The Hall–Kier alpha value is -1.51. The van der Waals surface area contributed by atoms with Gasteiger partial charge in [-0.3, -0.25) is 4.79 Å². The van der Waals surface area contributed by atoms with E-state index < -0.39 is 6.10 Å². The number of carbonyl (C=O) groups is 1. The summed E-state index contributed by atoms with van der Waals surface area (Å²) < 4.78 is 5.91. The van der Waals surface area contributed by atoms with E-state index in [0.29, 0.717) is 12.3 Å². The van der Waals surface area contributed by atoms with Crippen LogP contribution >= 0.6 is 0 Å². The van der Waals surface area contributed by atoms with Crippen molar-refractivity contribution in [2.45, 2.75) is 60.1 Å². The van der Waals surface area contributed by atoms with E-state index in [2.05, 4.69) is 19.2 Å². The molecule has 3 heteroatoms. The largest absolute Gasteiger partial charge is 0.480 e. The smallest absolute Gasteiger partial charge is 0.261 e. The SMILES string of the molecule is CCC(Oc1cc(C)ccc1C)C(=O)NC(C)C(C)C. The lowest BCUT2D eigenvalue weighted by Gasteiger charge is -2.23. The van der Waals surface area contributed by atoms with E-state index >= 15 is 0 Å². The average Bonchev–Trinajstić information content (AvgIpc) is 2.39. The van der Waals surface area contributed by atoms with Crippen molar-refractivity contribution in [2.24, 2.45) is 5.92 Å². The van der Waals surface area contributed by atoms with Crippen molar-refractivity contribution in [3.8, 4) is 5.75 Å². The molecule has 0 spiro atoms. The van der Waals surface area contributed by atoms with Crippen LogP contribution < -0.4 is 10.1 Å². The standard InChI is InChI=1S/C17H27NO2/c1-7-15(17(19)18-14(6)11(2)3)20-16-10-12(4)8-9-13(16)5/h8-11,14-15H,7H2,1-6H3,(H,18,19). The zero-order chi connectivity index (χ0) is 15.3. The maximum absolute atomic E-state index is 12.3. The van der Waals surface area contributed by atoms with E-state index in [0.717, 1.165) is 16.9 Å². The number of hydrogen-bond acceptors (Lipinski definition) is 2. The van der Waals surface area contributed by atoms with Crippen molar-refractivity contribution in [2.75, 3.05) is 0 Å². The number of ether oxygens (including phenoxy) is 1. The Kier molecular flexibility index (Phi) is 6.05. The summed E-state index contributed by atoms with van der Waals surface area (Å²) in [4.78, 5) is 12.3. The van der Waals surface area contributed by atoms with Gasteiger partial charge in [0.25, 0.3) is 5.91 Å². The molecule has 1 aromatic carbocycles. The maximum atomic E-state index is 12.3. The minimum atomic E-state index is -0.434. The molecule has 1 aromatic rings. The molecule has 2 unspecified atom stereocenters. The van der Waals surface area contributed by atoms with E-state index in [4.69, 9.17) is 4.74 Å². The van der Waals surface area contributed by atoms with Gasteiger partial charge in [-0.05, 0) is 50.3 Å². The average molecular weight is 277 g/mol. The molecule has 0 saturated heterocycles. The topological polar surface area (TPSA) is 38.3 Å². The van der Waals surface area contributed by atoms with Crippen LogP contribution in [-0.2, 0) is 4.79 Å². The van der Waals surface area contributed by atoms with Gasteiger partial charge in [0.2, 0.25) is 0 Å². The molecule has 1 amide bonds. The normalized spacial score (nSPS) is 13.9. The molecule has 0 radical (unpaired) electrons. The zero-order valence-corrected chi connectivity index (χ0v) is 13.5. The molecule has 20 heavy (non-hydrogen) atoms. The number of aryl methyl sites for hydroxylation is 2. The predicted octanol–water partition coefficient (Wildman–Crippen LogP) is 3.62. The molecule has 0 saturated carbocycles. The minimum absolute atomic E-state index is 0.0328. The summed E-state index contributed by atoms with van der Waals surface area (Å²) in [6.07, 6.45) is 0.223. The number of hydrogen-bond donors (Lipinski definition) is 1. The molecule has 0 aliphatic heterocycles. The second-order valence-corrected chi connectivity index (χ2v) is 5.82. The van der Waals surface area contributed by atoms with Crippen LogP contribution in [0.15, 0.2) is 18.2 Å². The first-order valence-corrected chi connectivity index (χ1v) is 7.39. The molecular formula is C17H27NO2. The lowest BCUT2D eigenvalue weighted by molar-refractivity contribution is -0.129. The third-order valence-corrected chi connectivity index (χ3v) is 3.65.